The van der Waals surface area contributed by atoms with Crippen molar-refractivity contribution in [1.82, 2.24) is 15.0 Å². The summed E-state index contributed by atoms with van der Waals surface area (Å²) in [5, 5.41) is 1.04. The lowest BCUT2D eigenvalue weighted by Crippen LogP contribution is -1.95. The fourth-order valence-corrected chi connectivity index (χ4v) is 2.88. The molecule has 0 amide bonds. The Morgan fingerprint density at radius 2 is 1.54 bits per heavy atom. The van der Waals surface area contributed by atoms with Crippen molar-refractivity contribution in [3.8, 4) is 22.8 Å². The Morgan fingerprint density at radius 1 is 0.750 bits per heavy atom. The van der Waals surface area contributed by atoms with Crippen LogP contribution >= 0.6 is 0 Å². The molecule has 2 aromatic carbocycles. The summed E-state index contributed by atoms with van der Waals surface area (Å²) in [6.45, 7) is 2.16. The number of nitrogens with zero attached hydrogens (tertiary/aromatic N) is 3. The molecule has 0 saturated carbocycles. The molecule has 0 aliphatic carbocycles. The molecule has 0 fully saturated rings. The van der Waals surface area contributed by atoms with Crippen LogP contribution in [0.2, 0.25) is 0 Å². The van der Waals surface area contributed by atoms with Crippen LogP contribution in [0.4, 0.5) is 0 Å². The molecule has 24 heavy (non-hydrogen) atoms. The lowest BCUT2D eigenvalue weighted by molar-refractivity contribution is 1.13. The summed E-state index contributed by atoms with van der Waals surface area (Å²) in [5.41, 5.74) is 5.15. The smallest absolute Gasteiger partial charge is 0.178 e. The van der Waals surface area contributed by atoms with E-state index in [4.69, 9.17) is 4.98 Å². The predicted octanol–water partition coefficient (Wildman–Crippen LogP) is 4.92. The SMILES string of the molecule is CCc1ccccc1-c1cccc(-c2ncc3ccccc3n2)n1. The Morgan fingerprint density at radius 3 is 2.46 bits per heavy atom. The van der Waals surface area contributed by atoms with Gasteiger partial charge in [-0.1, -0.05) is 55.5 Å². The van der Waals surface area contributed by atoms with E-state index in [9.17, 15) is 0 Å². The van der Waals surface area contributed by atoms with E-state index >= 15 is 0 Å². The first-order valence-electron chi connectivity index (χ1n) is 8.12. The summed E-state index contributed by atoms with van der Waals surface area (Å²) < 4.78 is 0. The van der Waals surface area contributed by atoms with Crippen molar-refractivity contribution in [3.05, 3.63) is 78.5 Å². The monoisotopic (exact) mass is 311 g/mol. The number of pyridine rings is 1. The lowest BCUT2D eigenvalue weighted by Gasteiger charge is -2.08. The van der Waals surface area contributed by atoms with E-state index in [0.29, 0.717) is 5.82 Å². The van der Waals surface area contributed by atoms with Gasteiger partial charge < -0.3 is 0 Å². The number of aromatic nitrogens is 3. The van der Waals surface area contributed by atoms with Gasteiger partial charge in [0.15, 0.2) is 5.82 Å². The molecule has 0 bridgehead atoms. The van der Waals surface area contributed by atoms with Gasteiger partial charge in [-0.05, 0) is 30.2 Å². The van der Waals surface area contributed by atoms with Gasteiger partial charge in [0.25, 0.3) is 0 Å². The van der Waals surface area contributed by atoms with Gasteiger partial charge in [-0.25, -0.2) is 15.0 Å². The third-order valence-electron chi connectivity index (χ3n) is 4.14. The van der Waals surface area contributed by atoms with Gasteiger partial charge in [0.05, 0.1) is 11.2 Å². The molecule has 2 heterocycles. The largest absolute Gasteiger partial charge is 0.244 e. The van der Waals surface area contributed by atoms with Crippen LogP contribution < -0.4 is 0 Å². The Labute approximate surface area is 141 Å². The summed E-state index contributed by atoms with van der Waals surface area (Å²) in [5.74, 6) is 0.657. The van der Waals surface area contributed by atoms with Crippen LogP contribution in [0.25, 0.3) is 33.7 Å². The maximum absolute atomic E-state index is 4.80. The molecule has 0 radical (unpaired) electrons. The predicted molar refractivity (Wildman–Crippen MR) is 97.6 cm³/mol. The van der Waals surface area contributed by atoms with E-state index in [2.05, 4.69) is 41.2 Å². The van der Waals surface area contributed by atoms with E-state index < -0.39 is 0 Å². The average molecular weight is 311 g/mol. The van der Waals surface area contributed by atoms with Crippen LogP contribution in [-0.4, -0.2) is 15.0 Å². The lowest BCUT2D eigenvalue weighted by atomic mass is 10.0. The molecular formula is C21H17N3. The van der Waals surface area contributed by atoms with Gasteiger partial charge >= 0.3 is 0 Å². The molecule has 0 aliphatic rings. The van der Waals surface area contributed by atoms with Crippen molar-refractivity contribution in [2.75, 3.05) is 0 Å². The molecule has 116 valence electrons. The van der Waals surface area contributed by atoms with E-state index in [1.54, 1.807) is 0 Å². The van der Waals surface area contributed by atoms with Crippen LogP contribution in [0.5, 0.6) is 0 Å². The molecule has 0 atom stereocenters. The third-order valence-corrected chi connectivity index (χ3v) is 4.14. The maximum atomic E-state index is 4.80. The molecule has 0 spiro atoms. The summed E-state index contributed by atoms with van der Waals surface area (Å²) in [4.78, 5) is 13.9. The number of aryl methyl sites for hydroxylation is 1. The van der Waals surface area contributed by atoms with Crippen molar-refractivity contribution in [1.29, 1.82) is 0 Å². The van der Waals surface area contributed by atoms with Crippen LogP contribution in [0.1, 0.15) is 12.5 Å². The van der Waals surface area contributed by atoms with E-state index in [0.717, 1.165) is 28.7 Å². The van der Waals surface area contributed by atoms with Gasteiger partial charge in [0.2, 0.25) is 0 Å². The fourth-order valence-electron chi connectivity index (χ4n) is 2.88. The van der Waals surface area contributed by atoms with Crippen LogP contribution in [0.15, 0.2) is 72.9 Å². The van der Waals surface area contributed by atoms with Gasteiger partial charge in [-0.15, -0.1) is 0 Å². The molecule has 3 nitrogen and oxygen atoms in total. The first kappa shape index (κ1) is 14.5. The molecule has 0 saturated heterocycles. The third kappa shape index (κ3) is 2.65. The highest BCUT2D eigenvalue weighted by Crippen LogP contribution is 2.25. The average Bonchev–Trinajstić information content (AvgIpc) is 2.67. The molecule has 3 heteroatoms. The standard InChI is InChI=1S/C21H17N3/c1-2-15-8-3-5-10-17(15)19-12-7-13-20(23-19)21-22-14-16-9-4-6-11-18(16)24-21/h3-14H,2H2,1H3. The van der Waals surface area contributed by atoms with E-state index in [1.807, 2.05) is 48.7 Å². The molecule has 0 aliphatic heterocycles. The quantitative estimate of drug-likeness (QED) is 0.539. The number of benzene rings is 2. The second-order valence-corrected chi connectivity index (χ2v) is 5.67. The summed E-state index contributed by atoms with van der Waals surface area (Å²) in [6, 6.07) is 22.4. The van der Waals surface area contributed by atoms with Gasteiger partial charge in [-0.2, -0.15) is 0 Å². The highest BCUT2D eigenvalue weighted by atomic mass is 14.9. The number of hydrogen-bond acceptors (Lipinski definition) is 3. The van der Waals surface area contributed by atoms with Crippen molar-refractivity contribution in [2.24, 2.45) is 0 Å². The zero-order chi connectivity index (χ0) is 16.4. The highest BCUT2D eigenvalue weighted by Gasteiger charge is 2.09. The number of rotatable bonds is 3. The summed E-state index contributed by atoms with van der Waals surface area (Å²) >= 11 is 0. The highest BCUT2D eigenvalue weighted by molar-refractivity contribution is 5.79. The van der Waals surface area contributed by atoms with Crippen LogP contribution in [0.3, 0.4) is 0 Å². The normalized spacial score (nSPS) is 10.9. The Balaban J connectivity index is 1.81. The zero-order valence-corrected chi connectivity index (χ0v) is 13.5. The summed E-state index contributed by atoms with van der Waals surface area (Å²) in [6.07, 6.45) is 2.83. The fraction of sp³-hybridized carbons (Fsp3) is 0.0952. The molecular weight excluding hydrogens is 294 g/mol. The topological polar surface area (TPSA) is 38.7 Å². The molecule has 2 aromatic heterocycles. The minimum Gasteiger partial charge on any atom is -0.244 e. The van der Waals surface area contributed by atoms with Crippen molar-refractivity contribution in [3.63, 3.8) is 0 Å². The first-order chi connectivity index (χ1) is 11.8. The number of fused-ring (bicyclic) bond motifs is 1. The van der Waals surface area contributed by atoms with Crippen LogP contribution in [0, 0.1) is 0 Å². The van der Waals surface area contributed by atoms with Gasteiger partial charge in [0, 0.05) is 17.1 Å². The van der Waals surface area contributed by atoms with E-state index in [-0.39, 0.29) is 0 Å². The minimum atomic E-state index is 0.657. The molecule has 0 unspecified atom stereocenters. The maximum Gasteiger partial charge on any atom is 0.178 e. The first-order valence-corrected chi connectivity index (χ1v) is 8.12. The van der Waals surface area contributed by atoms with Crippen molar-refractivity contribution in [2.45, 2.75) is 13.3 Å². The second kappa shape index (κ2) is 6.20. The number of hydrogen-bond donors (Lipinski definition) is 0. The number of para-hydroxylation sites is 1. The molecule has 0 N–H and O–H groups in total. The van der Waals surface area contributed by atoms with Crippen molar-refractivity contribution >= 4 is 10.9 Å². The molecule has 4 aromatic rings. The molecule has 4 rings (SSSR count). The summed E-state index contributed by atoms with van der Waals surface area (Å²) in [7, 11) is 0. The Kier molecular flexibility index (Phi) is 3.75. The zero-order valence-electron chi connectivity index (χ0n) is 13.5. The second-order valence-electron chi connectivity index (χ2n) is 5.67. The van der Waals surface area contributed by atoms with Gasteiger partial charge in [-0.3, -0.25) is 0 Å². The Bertz CT molecular complexity index is 1010. The van der Waals surface area contributed by atoms with E-state index in [1.165, 1.54) is 11.1 Å². The Hall–Kier alpha value is -3.07. The van der Waals surface area contributed by atoms with Crippen LogP contribution in [-0.2, 0) is 6.42 Å². The van der Waals surface area contributed by atoms with Gasteiger partial charge in [0.1, 0.15) is 5.69 Å². The minimum absolute atomic E-state index is 0.657. The van der Waals surface area contributed by atoms with Crippen molar-refractivity contribution < 1.29 is 0 Å².